The van der Waals surface area contributed by atoms with E-state index in [-0.39, 0.29) is 19.8 Å². The molecule has 4 aromatic carbocycles. The summed E-state index contributed by atoms with van der Waals surface area (Å²) in [5.41, 5.74) is 11.8. The van der Waals surface area contributed by atoms with Gasteiger partial charge in [0.1, 0.15) is 36.6 Å². The van der Waals surface area contributed by atoms with Crippen molar-refractivity contribution >= 4 is 37.5 Å². The monoisotopic (exact) mass is 875 g/mol. The highest BCUT2D eigenvalue weighted by molar-refractivity contribution is 7.81. The summed E-state index contributed by atoms with van der Waals surface area (Å²) in [6.45, 7) is -1.47. The number of rotatable bonds is 19. The van der Waals surface area contributed by atoms with Crippen molar-refractivity contribution < 1.29 is 77.4 Å². The molecule has 2 aliphatic rings. The Balaban J connectivity index is 1.41. The van der Waals surface area contributed by atoms with E-state index in [9.17, 15) is 41.4 Å². The molecular formula is C38H41N3O17S2. The Morgan fingerprint density at radius 3 is 1.87 bits per heavy atom. The van der Waals surface area contributed by atoms with Gasteiger partial charge in [-0.15, -0.1) is 0 Å². The standard InChI is InChI=1S/C38H41N3O17S2/c1-50-38-35(58-60(47,48)49)32(53-20-24-12-6-3-7-13-24)33(34(57-38)36(42)43)56-37-29(40-41-39)31(52-21-25-16-17-26-14-8-9-15-27(26)18-25)30(28(55-37)22-54-59(44,45)46)51-19-23-10-4-2-5-11-23/h2-18,28-35,37-38H,19-22H2,1H3,(H,42,43)(H,44,45,46)(H,47,48,49)/t28-,29-,30-,31-,32+,33+,34-,35-,37-,38-/m1/s1. The first-order valence-electron chi connectivity index (χ1n) is 18.2. The van der Waals surface area contributed by atoms with Crippen molar-refractivity contribution in [1.29, 1.82) is 0 Å². The Hall–Kier alpha value is -4.62. The van der Waals surface area contributed by atoms with Gasteiger partial charge in [0.2, 0.25) is 0 Å². The van der Waals surface area contributed by atoms with Crippen LogP contribution in [-0.2, 0) is 86.9 Å². The van der Waals surface area contributed by atoms with E-state index in [1.54, 1.807) is 66.7 Å². The third-order valence-corrected chi connectivity index (χ3v) is 10.4. The zero-order valence-corrected chi connectivity index (χ0v) is 33.3. The van der Waals surface area contributed by atoms with E-state index in [0.29, 0.717) is 16.7 Å². The SMILES string of the molecule is CO[C@@H]1O[C@@H](C(=O)O)[C@@H](O[C@H]2O[C@H](COS(=O)(=O)O)[C@@H](OCc3ccccc3)[C@H](OCc3ccc4ccccc4c3)[C@H]2N=[N+]=[N-])[C@H](OCc2ccccc2)[C@H]1OS(=O)(=O)O. The van der Waals surface area contributed by atoms with E-state index >= 15 is 0 Å². The van der Waals surface area contributed by atoms with Crippen molar-refractivity contribution in [2.24, 2.45) is 5.11 Å². The molecule has 0 saturated carbocycles. The molecule has 10 atom stereocenters. The molecule has 2 heterocycles. The van der Waals surface area contributed by atoms with Gasteiger partial charge < -0.3 is 38.3 Å². The lowest BCUT2D eigenvalue weighted by atomic mass is 9.95. The van der Waals surface area contributed by atoms with E-state index in [1.165, 1.54) is 0 Å². The number of hydrogen-bond acceptors (Lipinski definition) is 15. The van der Waals surface area contributed by atoms with Crippen molar-refractivity contribution in [1.82, 2.24) is 0 Å². The molecule has 3 N–H and O–H groups in total. The Bertz CT molecular complexity index is 2320. The second kappa shape index (κ2) is 20.3. The van der Waals surface area contributed by atoms with Crippen molar-refractivity contribution in [2.45, 2.75) is 81.2 Å². The second-order valence-corrected chi connectivity index (χ2v) is 15.7. The molecule has 0 aliphatic carbocycles. The molecule has 2 fully saturated rings. The predicted molar refractivity (Wildman–Crippen MR) is 206 cm³/mol. The molecule has 6 rings (SSSR count). The normalized spacial score (nSPS) is 27.2. The van der Waals surface area contributed by atoms with Crippen LogP contribution in [0.1, 0.15) is 16.7 Å². The largest absolute Gasteiger partial charge is 0.479 e. The first-order chi connectivity index (χ1) is 28.7. The second-order valence-electron chi connectivity index (χ2n) is 13.5. The summed E-state index contributed by atoms with van der Waals surface area (Å²) in [5.74, 6) is -1.66. The molecule has 0 unspecified atom stereocenters. The van der Waals surface area contributed by atoms with Crippen LogP contribution in [0.2, 0.25) is 0 Å². The highest BCUT2D eigenvalue weighted by atomic mass is 32.3. The van der Waals surface area contributed by atoms with Gasteiger partial charge in [0, 0.05) is 12.0 Å². The summed E-state index contributed by atoms with van der Waals surface area (Å²) in [7, 11) is -9.33. The number of fused-ring (bicyclic) bond motifs is 1. The van der Waals surface area contributed by atoms with Crippen LogP contribution >= 0.6 is 0 Å². The molecule has 0 amide bonds. The van der Waals surface area contributed by atoms with Gasteiger partial charge in [-0.25, -0.2) is 13.2 Å². The Labute approximate surface area is 344 Å². The molecule has 4 aromatic rings. The number of hydrogen-bond donors (Lipinski definition) is 3. The summed E-state index contributed by atoms with van der Waals surface area (Å²) in [5, 5.41) is 16.2. The van der Waals surface area contributed by atoms with Crippen LogP contribution in [0, 0.1) is 0 Å². The van der Waals surface area contributed by atoms with Crippen molar-refractivity contribution in [3.8, 4) is 0 Å². The van der Waals surface area contributed by atoms with Crippen LogP contribution in [0.3, 0.4) is 0 Å². The molecule has 20 nitrogen and oxygen atoms in total. The van der Waals surface area contributed by atoms with Crippen LogP contribution in [0.5, 0.6) is 0 Å². The first kappa shape index (κ1) is 44.9. The minimum Gasteiger partial charge on any atom is -0.479 e. The van der Waals surface area contributed by atoms with Crippen LogP contribution in [0.4, 0.5) is 0 Å². The van der Waals surface area contributed by atoms with E-state index < -0.39 is 94.7 Å². The summed E-state index contributed by atoms with van der Waals surface area (Å²) in [6, 6.07) is 28.7. The van der Waals surface area contributed by atoms with E-state index in [2.05, 4.69) is 10.0 Å². The topological polar surface area (TPSA) is 278 Å². The van der Waals surface area contributed by atoms with Gasteiger partial charge in [-0.05, 0) is 39.1 Å². The quantitative estimate of drug-likeness (QED) is 0.0516. The summed E-state index contributed by atoms with van der Waals surface area (Å²) >= 11 is 0. The molecule has 60 heavy (non-hydrogen) atoms. The number of carbonyl (C=O) groups is 1. The van der Waals surface area contributed by atoms with Gasteiger partial charge in [0.15, 0.2) is 24.8 Å². The number of methoxy groups -OCH3 is 1. The predicted octanol–water partition coefficient (Wildman–Crippen LogP) is 4.15. The maximum absolute atomic E-state index is 12.8. The average Bonchev–Trinajstić information content (AvgIpc) is 3.22. The lowest BCUT2D eigenvalue weighted by Crippen LogP contribution is -2.66. The molecule has 2 saturated heterocycles. The first-order valence-corrected chi connectivity index (χ1v) is 20.9. The fraction of sp³-hybridized carbons (Fsp3) is 0.395. The van der Waals surface area contributed by atoms with E-state index in [4.69, 9.17) is 41.5 Å². The van der Waals surface area contributed by atoms with E-state index in [0.717, 1.165) is 17.9 Å². The lowest BCUT2D eigenvalue weighted by molar-refractivity contribution is -0.343. The lowest BCUT2D eigenvalue weighted by Gasteiger charge is -2.48. The van der Waals surface area contributed by atoms with Crippen LogP contribution in [-0.4, -0.2) is 112 Å². The van der Waals surface area contributed by atoms with Gasteiger partial charge in [-0.1, -0.05) is 102 Å². The number of ether oxygens (including phenoxy) is 7. The molecule has 0 aromatic heterocycles. The van der Waals surface area contributed by atoms with Crippen LogP contribution < -0.4 is 0 Å². The zero-order valence-electron chi connectivity index (χ0n) is 31.6. The van der Waals surface area contributed by atoms with Gasteiger partial charge in [0.05, 0.1) is 26.4 Å². The third kappa shape index (κ3) is 12.0. The van der Waals surface area contributed by atoms with Crippen molar-refractivity contribution in [2.75, 3.05) is 13.7 Å². The number of carboxylic acids is 1. The Morgan fingerprint density at radius 2 is 1.28 bits per heavy atom. The van der Waals surface area contributed by atoms with E-state index in [1.807, 2.05) is 36.4 Å². The minimum atomic E-state index is -5.29. The highest BCUT2D eigenvalue weighted by Crippen LogP contribution is 2.36. The number of benzene rings is 4. The maximum Gasteiger partial charge on any atom is 0.397 e. The average molecular weight is 876 g/mol. The number of nitrogens with zero attached hydrogens (tertiary/aromatic N) is 3. The zero-order chi connectivity index (χ0) is 42.9. The van der Waals surface area contributed by atoms with Crippen molar-refractivity contribution in [3.05, 3.63) is 130 Å². The fourth-order valence-corrected chi connectivity index (χ4v) is 7.64. The summed E-state index contributed by atoms with van der Waals surface area (Å²) < 4.78 is 119. The number of carboxylic acid groups (broad SMARTS) is 1. The molecule has 2 aliphatic heterocycles. The van der Waals surface area contributed by atoms with Crippen LogP contribution in [0.15, 0.2) is 108 Å². The summed E-state index contributed by atoms with van der Waals surface area (Å²) in [4.78, 5) is 15.8. The van der Waals surface area contributed by atoms with Gasteiger partial charge in [-0.3, -0.25) is 9.11 Å². The smallest absolute Gasteiger partial charge is 0.397 e. The number of aliphatic carboxylic acids is 1. The van der Waals surface area contributed by atoms with Crippen molar-refractivity contribution in [3.63, 3.8) is 0 Å². The molecule has 0 spiro atoms. The Morgan fingerprint density at radius 1 is 0.700 bits per heavy atom. The maximum atomic E-state index is 12.8. The summed E-state index contributed by atoms with van der Waals surface area (Å²) in [6.07, 6.45) is -15.6. The molecule has 0 bridgehead atoms. The number of azide groups is 1. The molecule has 22 heteroatoms. The molecular weight excluding hydrogens is 835 g/mol. The molecule has 322 valence electrons. The van der Waals surface area contributed by atoms with Gasteiger partial charge in [-0.2, -0.15) is 16.8 Å². The van der Waals surface area contributed by atoms with Gasteiger partial charge >= 0.3 is 26.8 Å². The minimum absolute atomic E-state index is 0.110. The fourth-order valence-electron chi connectivity index (χ4n) is 6.86. The van der Waals surface area contributed by atoms with Gasteiger partial charge in [0.25, 0.3) is 0 Å². The molecule has 0 radical (unpaired) electrons. The third-order valence-electron chi connectivity index (χ3n) is 9.50. The Kier molecular flexibility index (Phi) is 15.2. The van der Waals surface area contributed by atoms with Crippen LogP contribution in [0.25, 0.3) is 21.2 Å². The highest BCUT2D eigenvalue weighted by Gasteiger charge is 2.56.